The quantitative estimate of drug-likeness (QED) is 0.813. The van der Waals surface area contributed by atoms with E-state index in [1.165, 1.54) is 18.1 Å². The Hall–Kier alpha value is -1.69. The van der Waals surface area contributed by atoms with Gasteiger partial charge in [-0.05, 0) is 18.2 Å². The van der Waals surface area contributed by atoms with Crippen molar-refractivity contribution in [2.75, 3.05) is 18.6 Å². The summed E-state index contributed by atoms with van der Waals surface area (Å²) in [7, 11) is 1.46. The second kappa shape index (κ2) is 4.89. The van der Waals surface area contributed by atoms with Gasteiger partial charge in [0.05, 0.1) is 18.4 Å². The minimum Gasteiger partial charge on any atom is -0.497 e. The van der Waals surface area contributed by atoms with Crippen molar-refractivity contribution in [3.05, 3.63) is 23.8 Å². The van der Waals surface area contributed by atoms with Crippen LogP contribution in [-0.2, 0) is 4.79 Å². The number of carboxylic acid groups (broad SMARTS) is 1. The van der Waals surface area contributed by atoms with Crippen LogP contribution in [0, 0.1) is 0 Å². The van der Waals surface area contributed by atoms with Gasteiger partial charge in [0, 0.05) is 18.2 Å². The lowest BCUT2D eigenvalue weighted by molar-refractivity contribution is -0.117. The largest absolute Gasteiger partial charge is 0.497 e. The Balaban J connectivity index is 2.44. The summed E-state index contributed by atoms with van der Waals surface area (Å²) in [5, 5.41) is 9.13. The number of hydrogen-bond acceptors (Lipinski definition) is 4. The molecule has 1 fully saturated rings. The van der Waals surface area contributed by atoms with E-state index in [1.54, 1.807) is 12.1 Å². The number of carboxylic acids is 1. The van der Waals surface area contributed by atoms with Crippen molar-refractivity contribution in [2.24, 2.45) is 0 Å². The Labute approximate surface area is 110 Å². The van der Waals surface area contributed by atoms with Crippen molar-refractivity contribution in [2.45, 2.75) is 11.7 Å². The first-order valence-electron chi connectivity index (χ1n) is 5.42. The third-order valence-electron chi connectivity index (χ3n) is 2.83. The number of methoxy groups -OCH3 is 1. The van der Waals surface area contributed by atoms with Gasteiger partial charge in [-0.15, -0.1) is 0 Å². The fourth-order valence-electron chi connectivity index (χ4n) is 1.97. The molecule has 1 aromatic carbocycles. The van der Waals surface area contributed by atoms with E-state index in [0.29, 0.717) is 24.4 Å². The molecule has 1 atom stereocenters. The second-order valence-corrected chi connectivity index (χ2v) is 4.78. The Morgan fingerprint density at radius 3 is 2.78 bits per heavy atom. The second-order valence-electron chi connectivity index (χ2n) is 4.05. The molecule has 5 nitrogen and oxygen atoms in total. The average Bonchev–Trinajstić information content (AvgIpc) is 2.67. The van der Waals surface area contributed by atoms with Gasteiger partial charge in [0.2, 0.25) is 5.91 Å². The van der Waals surface area contributed by atoms with E-state index < -0.39 is 5.97 Å². The van der Waals surface area contributed by atoms with Crippen LogP contribution in [0.5, 0.6) is 5.75 Å². The van der Waals surface area contributed by atoms with Crippen LogP contribution < -0.4 is 9.64 Å². The third-order valence-corrected chi connectivity index (χ3v) is 3.18. The summed E-state index contributed by atoms with van der Waals surface area (Å²) in [6.45, 7) is 0.425. The van der Waals surface area contributed by atoms with Gasteiger partial charge in [-0.2, -0.15) is 12.6 Å². The molecule has 0 radical (unpaired) electrons. The highest BCUT2D eigenvalue weighted by atomic mass is 32.1. The first-order chi connectivity index (χ1) is 8.52. The first-order valence-corrected chi connectivity index (χ1v) is 5.94. The summed E-state index contributed by atoms with van der Waals surface area (Å²) in [6.07, 6.45) is 0.328. The molecule has 1 unspecified atom stereocenters. The SMILES string of the molecule is COc1ccc(N2CC(S)CC2=O)c(C(=O)O)c1. The number of benzene rings is 1. The van der Waals surface area contributed by atoms with Crippen molar-refractivity contribution in [3.8, 4) is 5.75 Å². The summed E-state index contributed by atoms with van der Waals surface area (Å²) in [5.41, 5.74) is 0.454. The number of carbonyl (C=O) groups excluding carboxylic acids is 1. The van der Waals surface area contributed by atoms with E-state index in [1.807, 2.05) is 0 Å². The first kappa shape index (κ1) is 12.8. The van der Waals surface area contributed by atoms with Crippen LogP contribution in [0.1, 0.15) is 16.8 Å². The molecule has 0 aliphatic carbocycles. The van der Waals surface area contributed by atoms with Crippen LogP contribution in [-0.4, -0.2) is 35.9 Å². The predicted molar refractivity (Wildman–Crippen MR) is 69.7 cm³/mol. The molecule has 1 aromatic rings. The van der Waals surface area contributed by atoms with Gasteiger partial charge in [0.25, 0.3) is 0 Å². The Morgan fingerprint density at radius 1 is 1.56 bits per heavy atom. The van der Waals surface area contributed by atoms with Crippen molar-refractivity contribution in [1.82, 2.24) is 0 Å². The highest BCUT2D eigenvalue weighted by molar-refractivity contribution is 7.81. The highest BCUT2D eigenvalue weighted by Crippen LogP contribution is 2.30. The van der Waals surface area contributed by atoms with Gasteiger partial charge >= 0.3 is 5.97 Å². The molecule has 6 heteroatoms. The summed E-state index contributed by atoms with van der Waals surface area (Å²) >= 11 is 4.25. The molecule has 0 saturated carbocycles. The van der Waals surface area contributed by atoms with Gasteiger partial charge < -0.3 is 14.7 Å². The van der Waals surface area contributed by atoms with Crippen LogP contribution in [0.25, 0.3) is 0 Å². The maximum absolute atomic E-state index is 11.8. The normalized spacial score (nSPS) is 19.1. The highest BCUT2D eigenvalue weighted by Gasteiger charge is 2.31. The van der Waals surface area contributed by atoms with E-state index in [-0.39, 0.29) is 16.7 Å². The smallest absolute Gasteiger partial charge is 0.337 e. The fraction of sp³-hybridized carbons (Fsp3) is 0.333. The number of anilines is 1. The lowest BCUT2D eigenvalue weighted by Gasteiger charge is -2.18. The molecule has 1 heterocycles. The van der Waals surface area contributed by atoms with E-state index in [9.17, 15) is 14.7 Å². The van der Waals surface area contributed by atoms with Crippen LogP contribution in [0.2, 0.25) is 0 Å². The molecule has 0 bridgehead atoms. The third kappa shape index (κ3) is 2.28. The molecule has 0 spiro atoms. The monoisotopic (exact) mass is 267 g/mol. The van der Waals surface area contributed by atoms with Gasteiger partial charge in [0.15, 0.2) is 0 Å². The Kier molecular flexibility index (Phi) is 3.47. The molecule has 1 aliphatic rings. The summed E-state index contributed by atoms with van der Waals surface area (Å²) in [4.78, 5) is 24.4. The summed E-state index contributed by atoms with van der Waals surface area (Å²) in [5.74, 6) is -0.743. The predicted octanol–water partition coefficient (Wildman–Crippen LogP) is 1.43. The lowest BCUT2D eigenvalue weighted by Crippen LogP contribution is -2.26. The zero-order valence-electron chi connectivity index (χ0n) is 9.79. The molecule has 0 aromatic heterocycles. The molecule has 96 valence electrons. The van der Waals surface area contributed by atoms with Crippen LogP contribution >= 0.6 is 12.6 Å². The molecule has 1 amide bonds. The van der Waals surface area contributed by atoms with Crippen molar-refractivity contribution in [1.29, 1.82) is 0 Å². The molecular formula is C12H13NO4S. The number of amides is 1. The van der Waals surface area contributed by atoms with E-state index >= 15 is 0 Å². The minimum atomic E-state index is -1.08. The number of rotatable bonds is 3. The lowest BCUT2D eigenvalue weighted by atomic mass is 10.1. The Morgan fingerprint density at radius 2 is 2.28 bits per heavy atom. The molecule has 2 rings (SSSR count). The number of ether oxygens (including phenoxy) is 1. The van der Waals surface area contributed by atoms with Crippen LogP contribution in [0.3, 0.4) is 0 Å². The topological polar surface area (TPSA) is 66.8 Å². The van der Waals surface area contributed by atoms with Crippen LogP contribution in [0.4, 0.5) is 5.69 Å². The maximum atomic E-state index is 11.8. The van der Waals surface area contributed by atoms with Gasteiger partial charge in [-0.1, -0.05) is 0 Å². The number of carbonyl (C=O) groups is 2. The molecule has 1 saturated heterocycles. The van der Waals surface area contributed by atoms with E-state index in [0.717, 1.165) is 0 Å². The summed E-state index contributed by atoms with van der Waals surface area (Å²) in [6, 6.07) is 4.64. The van der Waals surface area contributed by atoms with Crippen molar-refractivity contribution in [3.63, 3.8) is 0 Å². The van der Waals surface area contributed by atoms with Crippen molar-refractivity contribution < 1.29 is 19.4 Å². The minimum absolute atomic E-state index is 0.0544. The van der Waals surface area contributed by atoms with Crippen LogP contribution in [0.15, 0.2) is 18.2 Å². The zero-order valence-corrected chi connectivity index (χ0v) is 10.7. The molecule has 1 N–H and O–H groups in total. The number of thiol groups is 1. The van der Waals surface area contributed by atoms with E-state index in [4.69, 9.17) is 4.74 Å². The number of nitrogens with zero attached hydrogens (tertiary/aromatic N) is 1. The van der Waals surface area contributed by atoms with E-state index in [2.05, 4.69) is 12.6 Å². The zero-order chi connectivity index (χ0) is 13.3. The fourth-order valence-corrected chi connectivity index (χ4v) is 2.29. The number of hydrogen-bond donors (Lipinski definition) is 2. The maximum Gasteiger partial charge on any atom is 0.337 e. The molecule has 1 aliphatic heterocycles. The summed E-state index contributed by atoms with van der Waals surface area (Å²) < 4.78 is 4.99. The number of aromatic carboxylic acids is 1. The van der Waals surface area contributed by atoms with Gasteiger partial charge in [0.1, 0.15) is 5.75 Å². The van der Waals surface area contributed by atoms with Gasteiger partial charge in [-0.25, -0.2) is 4.79 Å². The van der Waals surface area contributed by atoms with Crippen molar-refractivity contribution >= 4 is 30.2 Å². The average molecular weight is 267 g/mol. The molecular weight excluding hydrogens is 254 g/mol. The standard InChI is InChI=1S/C12H13NO4S/c1-17-7-2-3-10(9(4-7)12(15)16)13-6-8(18)5-11(13)14/h2-4,8,18H,5-6H2,1H3,(H,15,16). The molecule has 18 heavy (non-hydrogen) atoms. The Bertz CT molecular complexity index is 503. The van der Waals surface area contributed by atoms with Gasteiger partial charge in [-0.3, -0.25) is 4.79 Å².